The van der Waals surface area contributed by atoms with Crippen molar-refractivity contribution in [3.8, 4) is 5.75 Å². The van der Waals surface area contributed by atoms with Crippen LogP contribution in [-0.2, 0) is 15.0 Å². The van der Waals surface area contributed by atoms with Crippen LogP contribution in [0.1, 0.15) is 30.4 Å². The number of ether oxygens (including phenoxy) is 1. The summed E-state index contributed by atoms with van der Waals surface area (Å²) in [6.07, 6.45) is 1.64. The molecule has 4 rings (SSSR count). The zero-order valence-electron chi connectivity index (χ0n) is 14.0. The summed E-state index contributed by atoms with van der Waals surface area (Å²) in [7, 11) is 0. The van der Waals surface area contributed by atoms with E-state index in [0.717, 1.165) is 5.56 Å². The second-order valence-corrected chi connectivity index (χ2v) is 6.59. The van der Waals surface area contributed by atoms with Crippen LogP contribution in [0.25, 0.3) is 0 Å². The number of nitrogens with zero attached hydrogens (tertiary/aromatic N) is 1. The number of benzene rings is 2. The van der Waals surface area contributed by atoms with E-state index in [1.807, 2.05) is 12.1 Å². The highest BCUT2D eigenvalue weighted by atomic mass is 16.6. The summed E-state index contributed by atoms with van der Waals surface area (Å²) in [6.45, 7) is 1.76. The fourth-order valence-electron chi connectivity index (χ4n) is 4.11. The van der Waals surface area contributed by atoms with Crippen LogP contribution in [0.4, 0.5) is 5.69 Å². The van der Waals surface area contributed by atoms with Crippen molar-refractivity contribution in [2.24, 2.45) is 0 Å². The molecule has 6 heteroatoms. The Morgan fingerprint density at radius 3 is 2.50 bits per heavy atom. The van der Waals surface area contributed by atoms with Crippen molar-refractivity contribution in [2.75, 3.05) is 0 Å². The van der Waals surface area contributed by atoms with Gasteiger partial charge in [0.15, 0.2) is 5.78 Å². The van der Waals surface area contributed by atoms with E-state index in [2.05, 4.69) is 0 Å². The van der Waals surface area contributed by atoms with Gasteiger partial charge in [-0.05, 0) is 30.2 Å². The monoisotopic (exact) mass is 349 g/mol. The maximum atomic E-state index is 13.0. The van der Waals surface area contributed by atoms with Gasteiger partial charge >= 0.3 is 5.97 Å². The number of non-ortho nitro benzene ring substituents is 1. The van der Waals surface area contributed by atoms with Gasteiger partial charge in [0, 0.05) is 30.0 Å². The van der Waals surface area contributed by atoms with Crippen LogP contribution < -0.4 is 4.74 Å². The SMILES string of the molecule is CC1=CC(=O)C[C@H](c2ccc([N+](=O)[O-])cc2)[C@]12C(=O)Oc1ccccc12. The van der Waals surface area contributed by atoms with E-state index in [4.69, 9.17) is 4.74 Å². The average Bonchev–Trinajstić information content (AvgIpc) is 2.91. The van der Waals surface area contributed by atoms with Crippen LogP contribution in [0.5, 0.6) is 5.75 Å². The molecule has 1 spiro atoms. The van der Waals surface area contributed by atoms with Gasteiger partial charge in [0.25, 0.3) is 5.69 Å². The summed E-state index contributed by atoms with van der Waals surface area (Å²) >= 11 is 0. The van der Waals surface area contributed by atoms with Gasteiger partial charge in [-0.1, -0.05) is 30.3 Å². The van der Waals surface area contributed by atoms with Gasteiger partial charge in [0.1, 0.15) is 11.2 Å². The van der Waals surface area contributed by atoms with Crippen LogP contribution >= 0.6 is 0 Å². The number of hydrogen-bond donors (Lipinski definition) is 0. The van der Waals surface area contributed by atoms with E-state index in [1.165, 1.54) is 18.2 Å². The molecule has 0 radical (unpaired) electrons. The summed E-state index contributed by atoms with van der Waals surface area (Å²) in [5.41, 5.74) is 0.944. The molecule has 2 aromatic carbocycles. The highest BCUT2D eigenvalue weighted by molar-refractivity contribution is 6.02. The maximum absolute atomic E-state index is 13.0. The Kier molecular flexibility index (Phi) is 3.50. The van der Waals surface area contributed by atoms with Gasteiger partial charge in [-0.25, -0.2) is 0 Å². The molecule has 130 valence electrons. The van der Waals surface area contributed by atoms with Gasteiger partial charge in [-0.15, -0.1) is 0 Å². The van der Waals surface area contributed by atoms with E-state index in [0.29, 0.717) is 16.9 Å². The zero-order valence-corrected chi connectivity index (χ0v) is 14.0. The molecule has 2 aliphatic rings. The fraction of sp³-hybridized carbons (Fsp3) is 0.200. The first-order valence-corrected chi connectivity index (χ1v) is 8.22. The summed E-state index contributed by atoms with van der Waals surface area (Å²) < 4.78 is 5.52. The molecule has 0 unspecified atom stereocenters. The lowest BCUT2D eigenvalue weighted by Gasteiger charge is -2.38. The zero-order chi connectivity index (χ0) is 18.5. The number of carbonyl (C=O) groups excluding carboxylic acids is 2. The third kappa shape index (κ3) is 2.12. The molecule has 0 bridgehead atoms. The van der Waals surface area contributed by atoms with Crippen LogP contribution in [0.2, 0.25) is 0 Å². The van der Waals surface area contributed by atoms with Crippen molar-refractivity contribution >= 4 is 17.4 Å². The lowest BCUT2D eigenvalue weighted by Crippen LogP contribution is -2.44. The number of nitro groups is 1. The third-order valence-electron chi connectivity index (χ3n) is 5.27. The minimum absolute atomic E-state index is 0.0356. The van der Waals surface area contributed by atoms with Gasteiger partial charge in [-0.3, -0.25) is 19.7 Å². The lowest BCUT2D eigenvalue weighted by molar-refractivity contribution is -0.384. The molecule has 26 heavy (non-hydrogen) atoms. The van der Waals surface area contributed by atoms with Crippen molar-refractivity contribution in [1.29, 1.82) is 0 Å². The number of nitro benzene ring substituents is 1. The maximum Gasteiger partial charge on any atom is 0.326 e. The predicted molar refractivity (Wildman–Crippen MR) is 93.0 cm³/mol. The number of carbonyl (C=O) groups is 2. The third-order valence-corrected chi connectivity index (χ3v) is 5.27. The molecule has 1 aliphatic carbocycles. The molecular formula is C20H15NO5. The summed E-state index contributed by atoms with van der Waals surface area (Å²) in [5, 5.41) is 10.9. The summed E-state index contributed by atoms with van der Waals surface area (Å²) in [4.78, 5) is 35.7. The Morgan fingerprint density at radius 1 is 1.12 bits per heavy atom. The predicted octanol–water partition coefficient (Wildman–Crippen LogP) is 3.45. The molecule has 1 aliphatic heterocycles. The Morgan fingerprint density at radius 2 is 1.81 bits per heavy atom. The van der Waals surface area contributed by atoms with E-state index in [-0.39, 0.29) is 17.9 Å². The number of ketones is 1. The van der Waals surface area contributed by atoms with E-state index in [9.17, 15) is 19.7 Å². The highest BCUT2D eigenvalue weighted by Gasteiger charge is 2.57. The fourth-order valence-corrected chi connectivity index (χ4v) is 4.11. The minimum Gasteiger partial charge on any atom is -0.425 e. The van der Waals surface area contributed by atoms with E-state index >= 15 is 0 Å². The molecule has 2 atom stereocenters. The van der Waals surface area contributed by atoms with Crippen molar-refractivity contribution in [3.05, 3.63) is 81.4 Å². The van der Waals surface area contributed by atoms with Crippen LogP contribution in [0.3, 0.4) is 0 Å². The topological polar surface area (TPSA) is 86.5 Å². The van der Waals surface area contributed by atoms with Crippen molar-refractivity contribution < 1.29 is 19.2 Å². The lowest BCUT2D eigenvalue weighted by atomic mass is 9.60. The second kappa shape index (κ2) is 5.62. The van der Waals surface area contributed by atoms with Crippen molar-refractivity contribution in [2.45, 2.75) is 24.7 Å². The molecule has 0 N–H and O–H groups in total. The molecule has 2 aromatic rings. The average molecular weight is 349 g/mol. The molecular weight excluding hydrogens is 334 g/mol. The molecule has 0 saturated heterocycles. The molecule has 0 saturated carbocycles. The molecule has 6 nitrogen and oxygen atoms in total. The Hall–Kier alpha value is -3.28. The van der Waals surface area contributed by atoms with Gasteiger partial charge in [0.05, 0.1) is 4.92 Å². The summed E-state index contributed by atoms with van der Waals surface area (Å²) in [6, 6.07) is 13.2. The normalized spacial score (nSPS) is 24.2. The van der Waals surface area contributed by atoms with E-state index in [1.54, 1.807) is 31.2 Å². The largest absolute Gasteiger partial charge is 0.425 e. The van der Waals surface area contributed by atoms with Gasteiger partial charge in [-0.2, -0.15) is 0 Å². The Labute approximate surface area is 149 Å². The second-order valence-electron chi connectivity index (χ2n) is 6.59. The quantitative estimate of drug-likeness (QED) is 0.359. The number of allylic oxidation sites excluding steroid dienone is 1. The van der Waals surface area contributed by atoms with Crippen molar-refractivity contribution in [1.82, 2.24) is 0 Å². The highest BCUT2D eigenvalue weighted by Crippen LogP contribution is 2.55. The van der Waals surface area contributed by atoms with Crippen LogP contribution in [-0.4, -0.2) is 16.7 Å². The molecule has 0 aromatic heterocycles. The van der Waals surface area contributed by atoms with Crippen LogP contribution in [0.15, 0.2) is 60.2 Å². The number of rotatable bonds is 2. The van der Waals surface area contributed by atoms with Gasteiger partial charge in [0.2, 0.25) is 0 Å². The first-order chi connectivity index (χ1) is 12.4. The standard InChI is InChI=1S/C20H15NO5/c1-12-10-15(22)11-17(13-6-8-14(9-7-13)21(24)25)20(12)16-4-2-3-5-18(16)26-19(20)23/h2-10,17H,11H2,1H3/t17-,20+/m1/s1. The molecule has 0 amide bonds. The number of para-hydroxylation sites is 1. The van der Waals surface area contributed by atoms with Crippen LogP contribution in [0, 0.1) is 10.1 Å². The number of hydrogen-bond acceptors (Lipinski definition) is 5. The molecule has 0 fully saturated rings. The minimum atomic E-state index is -1.08. The van der Waals surface area contributed by atoms with E-state index < -0.39 is 22.2 Å². The summed E-state index contributed by atoms with van der Waals surface area (Å²) in [5.74, 6) is -0.472. The first kappa shape index (κ1) is 16.2. The smallest absolute Gasteiger partial charge is 0.326 e. The number of fused-ring (bicyclic) bond motifs is 2. The van der Waals surface area contributed by atoms with Crippen molar-refractivity contribution in [3.63, 3.8) is 0 Å². The number of esters is 1. The van der Waals surface area contributed by atoms with Gasteiger partial charge < -0.3 is 4.74 Å². The Balaban J connectivity index is 1.93. The molecule has 1 heterocycles. The Bertz CT molecular complexity index is 976. The first-order valence-electron chi connectivity index (χ1n) is 8.22.